The fourth-order valence-corrected chi connectivity index (χ4v) is 5.25. The van der Waals surface area contributed by atoms with Gasteiger partial charge in [0.15, 0.2) is 0 Å². The summed E-state index contributed by atoms with van der Waals surface area (Å²) in [5, 5.41) is 0. The van der Waals surface area contributed by atoms with Gasteiger partial charge in [0.1, 0.15) is 16.6 Å². The lowest BCUT2D eigenvalue weighted by Gasteiger charge is -2.16. The molecule has 0 aliphatic carbocycles. The summed E-state index contributed by atoms with van der Waals surface area (Å²) < 4.78 is 9.53. The average Bonchev–Trinajstić information content (AvgIpc) is 3.44. The van der Waals surface area contributed by atoms with Crippen LogP contribution in [0.3, 0.4) is 0 Å². The summed E-state index contributed by atoms with van der Waals surface area (Å²) in [5.41, 5.74) is 11.2. The van der Waals surface area contributed by atoms with Crippen molar-refractivity contribution < 1.29 is 0 Å². The van der Waals surface area contributed by atoms with E-state index in [0.717, 1.165) is 66.8 Å². The van der Waals surface area contributed by atoms with Crippen molar-refractivity contribution in [1.82, 2.24) is 18.7 Å². The minimum absolute atomic E-state index is 0.827. The van der Waals surface area contributed by atoms with Crippen molar-refractivity contribution in [3.05, 3.63) is 115 Å². The SMILES string of the molecule is C/C=C\C=C(/C)c1c2nsnc2c(-c2ccccc2)c2nc(-c3ccccc3)c(-c3ccccc3)nc12. The Kier molecular flexibility index (Phi) is 6.13. The van der Waals surface area contributed by atoms with E-state index in [-0.39, 0.29) is 0 Å². The van der Waals surface area contributed by atoms with Gasteiger partial charge in [-0.05, 0) is 25.0 Å². The molecule has 37 heavy (non-hydrogen) atoms. The highest BCUT2D eigenvalue weighted by Gasteiger charge is 2.24. The molecule has 5 heteroatoms. The molecule has 2 aromatic heterocycles. The first-order chi connectivity index (χ1) is 18.3. The molecule has 0 saturated heterocycles. The van der Waals surface area contributed by atoms with Crippen molar-refractivity contribution in [3.8, 4) is 33.6 Å². The number of rotatable bonds is 5. The lowest BCUT2D eigenvalue weighted by molar-refractivity contribution is 1.29. The van der Waals surface area contributed by atoms with E-state index in [1.807, 2.05) is 73.7 Å². The molecule has 0 bridgehead atoms. The molecule has 0 atom stereocenters. The first-order valence-electron chi connectivity index (χ1n) is 12.2. The molecule has 4 aromatic carbocycles. The zero-order chi connectivity index (χ0) is 25.2. The predicted molar refractivity (Wildman–Crippen MR) is 155 cm³/mol. The number of fused-ring (bicyclic) bond motifs is 2. The monoisotopic (exact) mass is 496 g/mol. The molecule has 0 unspecified atom stereocenters. The van der Waals surface area contributed by atoms with Crippen LogP contribution < -0.4 is 0 Å². The van der Waals surface area contributed by atoms with E-state index in [9.17, 15) is 0 Å². The second-order valence-electron chi connectivity index (χ2n) is 8.80. The van der Waals surface area contributed by atoms with Crippen LogP contribution >= 0.6 is 11.7 Å². The molecule has 0 fully saturated rings. The highest BCUT2D eigenvalue weighted by Crippen LogP contribution is 2.42. The van der Waals surface area contributed by atoms with Gasteiger partial charge in [-0.1, -0.05) is 109 Å². The smallest absolute Gasteiger partial charge is 0.115 e. The molecular weight excluding hydrogens is 472 g/mol. The third kappa shape index (κ3) is 4.13. The van der Waals surface area contributed by atoms with Crippen molar-refractivity contribution in [2.75, 3.05) is 0 Å². The molecule has 6 aromatic rings. The van der Waals surface area contributed by atoms with E-state index in [4.69, 9.17) is 18.7 Å². The number of hydrogen-bond donors (Lipinski definition) is 0. The van der Waals surface area contributed by atoms with Gasteiger partial charge in [0.2, 0.25) is 0 Å². The molecule has 0 amide bonds. The van der Waals surface area contributed by atoms with Crippen LogP contribution in [0, 0.1) is 0 Å². The molecule has 0 N–H and O–H groups in total. The van der Waals surface area contributed by atoms with Crippen LogP contribution in [0.15, 0.2) is 109 Å². The van der Waals surface area contributed by atoms with E-state index >= 15 is 0 Å². The molecular formula is C32H24N4S. The Morgan fingerprint density at radius 2 is 1.14 bits per heavy atom. The third-order valence-electron chi connectivity index (χ3n) is 6.42. The highest BCUT2D eigenvalue weighted by molar-refractivity contribution is 7.00. The Labute approximate surface area is 220 Å². The Morgan fingerprint density at radius 3 is 1.70 bits per heavy atom. The van der Waals surface area contributed by atoms with E-state index in [1.54, 1.807) is 0 Å². The number of nitrogens with zero attached hydrogens (tertiary/aromatic N) is 4. The molecule has 0 radical (unpaired) electrons. The minimum atomic E-state index is 0.827. The average molecular weight is 497 g/mol. The van der Waals surface area contributed by atoms with Crippen LogP contribution in [0.1, 0.15) is 19.4 Å². The maximum atomic E-state index is 5.38. The normalized spacial score (nSPS) is 12.1. The van der Waals surface area contributed by atoms with Gasteiger partial charge in [-0.2, -0.15) is 8.75 Å². The van der Waals surface area contributed by atoms with E-state index < -0.39 is 0 Å². The van der Waals surface area contributed by atoms with Crippen molar-refractivity contribution in [2.45, 2.75) is 13.8 Å². The van der Waals surface area contributed by atoms with Gasteiger partial charge in [-0.3, -0.25) is 0 Å². The van der Waals surface area contributed by atoms with E-state index in [0.29, 0.717) is 0 Å². The van der Waals surface area contributed by atoms with Gasteiger partial charge in [0.25, 0.3) is 0 Å². The first-order valence-corrected chi connectivity index (χ1v) is 13.0. The van der Waals surface area contributed by atoms with Gasteiger partial charge in [0.05, 0.1) is 28.6 Å². The molecule has 0 saturated carbocycles. The van der Waals surface area contributed by atoms with Crippen LogP contribution in [0.5, 0.6) is 0 Å². The van der Waals surface area contributed by atoms with Crippen molar-refractivity contribution in [1.29, 1.82) is 0 Å². The number of allylic oxidation sites excluding steroid dienone is 4. The maximum Gasteiger partial charge on any atom is 0.115 e. The highest BCUT2D eigenvalue weighted by atomic mass is 32.1. The van der Waals surface area contributed by atoms with Crippen LogP contribution in [-0.2, 0) is 0 Å². The van der Waals surface area contributed by atoms with Gasteiger partial charge < -0.3 is 0 Å². The molecule has 0 aliphatic heterocycles. The summed E-state index contributed by atoms with van der Waals surface area (Å²) in [6.45, 7) is 4.12. The Balaban J connectivity index is 1.83. The summed E-state index contributed by atoms with van der Waals surface area (Å²) in [4.78, 5) is 10.8. The van der Waals surface area contributed by atoms with Gasteiger partial charge in [0, 0.05) is 22.3 Å². The molecule has 178 valence electrons. The molecule has 0 aliphatic rings. The van der Waals surface area contributed by atoms with Gasteiger partial charge >= 0.3 is 0 Å². The molecule has 2 heterocycles. The Morgan fingerprint density at radius 1 is 0.622 bits per heavy atom. The minimum Gasteiger partial charge on any atom is -0.243 e. The Hall–Kier alpha value is -4.48. The number of aromatic nitrogens is 4. The zero-order valence-electron chi connectivity index (χ0n) is 20.6. The topological polar surface area (TPSA) is 51.6 Å². The molecule has 6 rings (SSSR count). The summed E-state index contributed by atoms with van der Waals surface area (Å²) in [7, 11) is 0. The first kappa shape index (κ1) is 23.0. The van der Waals surface area contributed by atoms with E-state index in [2.05, 4.69) is 49.4 Å². The van der Waals surface area contributed by atoms with Crippen LogP contribution in [0.2, 0.25) is 0 Å². The summed E-state index contributed by atoms with van der Waals surface area (Å²) in [5.74, 6) is 0. The molecule has 0 spiro atoms. The molecule has 4 nitrogen and oxygen atoms in total. The van der Waals surface area contributed by atoms with Crippen molar-refractivity contribution >= 4 is 39.4 Å². The second kappa shape index (κ2) is 9.88. The number of hydrogen-bond acceptors (Lipinski definition) is 5. The van der Waals surface area contributed by atoms with Crippen LogP contribution in [0.4, 0.5) is 0 Å². The maximum absolute atomic E-state index is 5.38. The third-order valence-corrected chi connectivity index (χ3v) is 6.95. The van der Waals surface area contributed by atoms with Crippen LogP contribution in [0.25, 0.3) is 61.3 Å². The van der Waals surface area contributed by atoms with Crippen molar-refractivity contribution in [3.63, 3.8) is 0 Å². The fraction of sp³-hybridized carbons (Fsp3) is 0.0625. The number of benzene rings is 4. The lowest BCUT2D eigenvalue weighted by Crippen LogP contribution is -2.01. The quantitative estimate of drug-likeness (QED) is 0.224. The van der Waals surface area contributed by atoms with Crippen LogP contribution in [-0.4, -0.2) is 18.7 Å². The predicted octanol–water partition coefficient (Wildman–Crippen LogP) is 8.61. The Bertz CT molecular complexity index is 1770. The van der Waals surface area contributed by atoms with E-state index in [1.165, 1.54) is 11.7 Å². The van der Waals surface area contributed by atoms with Gasteiger partial charge in [-0.25, -0.2) is 9.97 Å². The largest absolute Gasteiger partial charge is 0.243 e. The summed E-state index contributed by atoms with van der Waals surface area (Å²) in [6, 6.07) is 30.9. The second-order valence-corrected chi connectivity index (χ2v) is 9.33. The standard InChI is InChI=1S/C32H24N4S/c1-3-4-14-21(2)25-29-30(26(22-15-8-5-9-16-22)32-31(25)35-37-36-32)34-28(24-19-12-7-13-20-24)27(33-29)23-17-10-6-11-18-23/h3-20H,1-2H3/b4-3-,21-14+. The van der Waals surface area contributed by atoms with Gasteiger partial charge in [-0.15, -0.1) is 0 Å². The lowest BCUT2D eigenvalue weighted by atomic mass is 9.94. The summed E-state index contributed by atoms with van der Waals surface area (Å²) in [6.07, 6.45) is 6.17. The van der Waals surface area contributed by atoms with Crippen molar-refractivity contribution in [2.24, 2.45) is 0 Å². The fourth-order valence-electron chi connectivity index (χ4n) is 4.70. The zero-order valence-corrected chi connectivity index (χ0v) is 21.4. The summed E-state index contributed by atoms with van der Waals surface area (Å²) >= 11 is 1.23.